The van der Waals surface area contributed by atoms with Crippen molar-refractivity contribution in [3.8, 4) is 5.88 Å². The number of nitrogens with zero attached hydrogens (tertiary/aromatic N) is 4. The van der Waals surface area contributed by atoms with Crippen LogP contribution in [0.15, 0.2) is 54.8 Å². The number of aryl methyl sites for hydroxylation is 1. The molecule has 2 aromatic heterocycles. The van der Waals surface area contributed by atoms with Gasteiger partial charge in [0.05, 0.1) is 36.7 Å². The summed E-state index contributed by atoms with van der Waals surface area (Å²) in [6.45, 7) is 7.29. The molecule has 1 saturated carbocycles. The maximum Gasteiger partial charge on any atom is 0.337 e. The standard InChI is InChI=1S/C32H37ClN4O4/c1-4-24(32(38)39-3)19-28-21(2)35-30(37(28)20-27-14-16-40-27)18-23-7-11-26(12-8-23)41-31-13-15-34-29(36-31)17-22-5-9-25(33)10-6-22/h4-6,9-10,13,15,19,23,26-27H,1,7-8,11-12,14,16-18,20H2,2-3H3/b24-19+/t23-,26-,27-/m0/s1. The molecule has 216 valence electrons. The average molecular weight is 577 g/mol. The zero-order valence-corrected chi connectivity index (χ0v) is 24.5. The summed E-state index contributed by atoms with van der Waals surface area (Å²) in [4.78, 5) is 26.2. The first-order chi connectivity index (χ1) is 19.9. The Bertz CT molecular complexity index is 1390. The van der Waals surface area contributed by atoms with Gasteiger partial charge in [0, 0.05) is 36.7 Å². The lowest BCUT2D eigenvalue weighted by Gasteiger charge is -2.30. The Morgan fingerprint density at radius 1 is 1.15 bits per heavy atom. The molecule has 1 saturated heterocycles. The second-order valence-electron chi connectivity index (χ2n) is 10.8. The number of rotatable bonds is 11. The number of imidazole rings is 1. The summed E-state index contributed by atoms with van der Waals surface area (Å²) in [5.41, 5.74) is 3.31. The van der Waals surface area contributed by atoms with E-state index < -0.39 is 5.97 Å². The van der Waals surface area contributed by atoms with E-state index in [1.807, 2.05) is 43.3 Å². The third kappa shape index (κ3) is 7.43. The molecule has 1 aromatic carbocycles. The SMILES string of the molecule is C=C/C(=C\c1c(C)nc(C[C@H]2CC[C@H](Oc3ccnc(Cc4ccc(Cl)cc4)n3)CC2)n1C[C@@H]1CCO1)C(=O)OC. The first-order valence-electron chi connectivity index (χ1n) is 14.2. The maximum atomic E-state index is 12.2. The first kappa shape index (κ1) is 29.0. The lowest BCUT2D eigenvalue weighted by Crippen LogP contribution is -2.32. The van der Waals surface area contributed by atoms with Gasteiger partial charge in [-0.3, -0.25) is 0 Å². The van der Waals surface area contributed by atoms with E-state index in [1.165, 1.54) is 13.2 Å². The highest BCUT2D eigenvalue weighted by molar-refractivity contribution is 6.30. The molecule has 1 aliphatic heterocycles. The van der Waals surface area contributed by atoms with Crippen LogP contribution in [-0.2, 0) is 33.7 Å². The third-order valence-electron chi connectivity index (χ3n) is 7.89. The number of aromatic nitrogens is 4. The Balaban J connectivity index is 1.22. The summed E-state index contributed by atoms with van der Waals surface area (Å²) < 4.78 is 19.2. The minimum Gasteiger partial charge on any atom is -0.474 e. The number of hydrogen-bond donors (Lipinski definition) is 0. The van der Waals surface area contributed by atoms with Gasteiger partial charge in [-0.1, -0.05) is 36.4 Å². The predicted octanol–water partition coefficient (Wildman–Crippen LogP) is 5.94. The summed E-state index contributed by atoms with van der Waals surface area (Å²) >= 11 is 6.00. The first-order valence-corrected chi connectivity index (χ1v) is 14.6. The van der Waals surface area contributed by atoms with E-state index in [9.17, 15) is 4.79 Å². The number of halogens is 1. The van der Waals surface area contributed by atoms with Gasteiger partial charge in [-0.2, -0.15) is 4.98 Å². The normalized spacial score (nSPS) is 20.8. The molecular weight excluding hydrogens is 540 g/mol. The molecule has 1 atom stereocenters. The van der Waals surface area contributed by atoms with Gasteiger partial charge in [-0.15, -0.1) is 0 Å². The lowest BCUT2D eigenvalue weighted by atomic mass is 9.85. The molecule has 0 amide bonds. The number of carbonyl (C=O) groups excluding carboxylic acids is 1. The lowest BCUT2D eigenvalue weighted by molar-refractivity contribution is -0.135. The van der Waals surface area contributed by atoms with Crippen LogP contribution in [0.5, 0.6) is 5.88 Å². The maximum absolute atomic E-state index is 12.2. The Kier molecular flexibility index (Phi) is 9.52. The fourth-order valence-electron chi connectivity index (χ4n) is 5.48. The fourth-order valence-corrected chi connectivity index (χ4v) is 5.61. The van der Waals surface area contributed by atoms with Crippen LogP contribution in [0.1, 0.15) is 60.7 Å². The van der Waals surface area contributed by atoms with Gasteiger partial charge < -0.3 is 18.8 Å². The van der Waals surface area contributed by atoms with Crippen molar-refractivity contribution in [1.29, 1.82) is 0 Å². The van der Waals surface area contributed by atoms with Crippen LogP contribution >= 0.6 is 11.6 Å². The smallest absolute Gasteiger partial charge is 0.337 e. The van der Waals surface area contributed by atoms with Crippen LogP contribution in [0, 0.1) is 12.8 Å². The van der Waals surface area contributed by atoms with E-state index in [1.54, 1.807) is 6.20 Å². The second kappa shape index (κ2) is 13.4. The van der Waals surface area contributed by atoms with Crippen molar-refractivity contribution in [3.05, 3.63) is 88.4 Å². The minimum atomic E-state index is -0.410. The number of hydrogen-bond acceptors (Lipinski definition) is 7. The van der Waals surface area contributed by atoms with E-state index in [-0.39, 0.29) is 12.2 Å². The molecule has 0 radical (unpaired) electrons. The molecule has 41 heavy (non-hydrogen) atoms. The van der Waals surface area contributed by atoms with Gasteiger partial charge in [-0.25, -0.2) is 14.8 Å². The summed E-state index contributed by atoms with van der Waals surface area (Å²) in [6.07, 6.45) is 12.0. The average Bonchev–Trinajstić information content (AvgIpc) is 3.24. The van der Waals surface area contributed by atoms with E-state index in [4.69, 9.17) is 30.8 Å². The highest BCUT2D eigenvalue weighted by Gasteiger charge is 2.27. The van der Waals surface area contributed by atoms with Crippen LogP contribution in [0.3, 0.4) is 0 Å². The van der Waals surface area contributed by atoms with Crippen molar-refractivity contribution in [3.63, 3.8) is 0 Å². The van der Waals surface area contributed by atoms with Gasteiger partial charge in [0.1, 0.15) is 17.8 Å². The van der Waals surface area contributed by atoms with Crippen LogP contribution in [0.2, 0.25) is 5.02 Å². The Morgan fingerprint density at radius 2 is 1.90 bits per heavy atom. The number of carbonyl (C=O) groups is 1. The zero-order chi connectivity index (χ0) is 28.8. The van der Waals surface area contributed by atoms with E-state index >= 15 is 0 Å². The zero-order valence-electron chi connectivity index (χ0n) is 23.7. The highest BCUT2D eigenvalue weighted by Crippen LogP contribution is 2.31. The van der Waals surface area contributed by atoms with Crippen molar-refractivity contribution in [2.75, 3.05) is 13.7 Å². The van der Waals surface area contributed by atoms with Gasteiger partial charge >= 0.3 is 5.97 Å². The van der Waals surface area contributed by atoms with Crippen LogP contribution in [0.25, 0.3) is 6.08 Å². The molecule has 0 bridgehead atoms. The summed E-state index contributed by atoms with van der Waals surface area (Å²) in [5, 5.41) is 0.714. The Labute approximate surface area is 246 Å². The number of methoxy groups -OCH3 is 1. The van der Waals surface area contributed by atoms with E-state index in [0.29, 0.717) is 28.8 Å². The molecule has 3 heterocycles. The quantitative estimate of drug-likeness (QED) is 0.159. The van der Waals surface area contributed by atoms with Crippen molar-refractivity contribution >= 4 is 23.6 Å². The van der Waals surface area contributed by atoms with E-state index in [2.05, 4.69) is 21.1 Å². The van der Waals surface area contributed by atoms with E-state index in [0.717, 1.165) is 80.3 Å². The molecule has 0 unspecified atom stereocenters. The van der Waals surface area contributed by atoms with Crippen LogP contribution in [0.4, 0.5) is 0 Å². The van der Waals surface area contributed by atoms with Crippen LogP contribution < -0.4 is 4.74 Å². The predicted molar refractivity (Wildman–Crippen MR) is 158 cm³/mol. The Hall–Kier alpha value is -3.49. The molecule has 8 nitrogen and oxygen atoms in total. The molecule has 1 aliphatic carbocycles. The third-order valence-corrected chi connectivity index (χ3v) is 8.14. The summed E-state index contributed by atoms with van der Waals surface area (Å²) in [7, 11) is 1.38. The highest BCUT2D eigenvalue weighted by atomic mass is 35.5. The molecule has 2 fully saturated rings. The molecule has 2 aliphatic rings. The molecule has 3 aromatic rings. The number of esters is 1. The number of ether oxygens (including phenoxy) is 3. The van der Waals surface area contributed by atoms with Gasteiger partial charge in [-0.05, 0) is 68.7 Å². The Morgan fingerprint density at radius 3 is 2.56 bits per heavy atom. The van der Waals surface area contributed by atoms with Crippen molar-refractivity contribution in [2.45, 2.75) is 70.6 Å². The minimum absolute atomic E-state index is 0.128. The number of benzene rings is 1. The second-order valence-corrected chi connectivity index (χ2v) is 11.2. The van der Waals surface area contributed by atoms with Gasteiger partial charge in [0.25, 0.3) is 0 Å². The molecule has 5 rings (SSSR count). The van der Waals surface area contributed by atoms with Crippen LogP contribution in [-0.4, -0.2) is 51.4 Å². The molecule has 9 heteroatoms. The van der Waals surface area contributed by atoms with Gasteiger partial charge in [0.2, 0.25) is 5.88 Å². The topological polar surface area (TPSA) is 88.4 Å². The fraction of sp³-hybridized carbons (Fsp3) is 0.438. The summed E-state index contributed by atoms with van der Waals surface area (Å²) in [5.74, 6) is 2.48. The molecule has 0 spiro atoms. The monoisotopic (exact) mass is 576 g/mol. The van der Waals surface area contributed by atoms with Crippen molar-refractivity contribution < 1.29 is 19.0 Å². The van der Waals surface area contributed by atoms with Gasteiger partial charge in [0.15, 0.2) is 0 Å². The largest absolute Gasteiger partial charge is 0.474 e. The van der Waals surface area contributed by atoms with Crippen molar-refractivity contribution in [1.82, 2.24) is 19.5 Å². The summed E-state index contributed by atoms with van der Waals surface area (Å²) in [6, 6.07) is 9.57. The molecular formula is C32H37ClN4O4. The molecule has 0 N–H and O–H groups in total. The van der Waals surface area contributed by atoms with Crippen molar-refractivity contribution in [2.24, 2.45) is 5.92 Å².